The first kappa shape index (κ1) is 16.9. The molecule has 0 heterocycles. The van der Waals surface area contributed by atoms with Crippen LogP contribution in [0.1, 0.15) is 71.6 Å². The van der Waals surface area contributed by atoms with Gasteiger partial charge in [-0.2, -0.15) is 0 Å². The molecule has 104 valence electrons. The maximum atomic E-state index is 9.28. The van der Waals surface area contributed by atoms with Crippen molar-refractivity contribution in [1.29, 1.82) is 0 Å². The monoisotopic (exact) mass is 244 g/mol. The molecule has 0 radical (unpaired) electrons. The summed E-state index contributed by atoms with van der Waals surface area (Å²) >= 11 is 0. The van der Waals surface area contributed by atoms with Crippen LogP contribution in [0.2, 0.25) is 0 Å². The van der Waals surface area contributed by atoms with Crippen LogP contribution in [0.4, 0.5) is 0 Å². The highest BCUT2D eigenvalue weighted by molar-refractivity contribution is 4.69. The second-order valence-electron chi connectivity index (χ2n) is 5.23. The Morgan fingerprint density at radius 1 is 0.647 bits per heavy atom. The van der Waals surface area contributed by atoms with Crippen molar-refractivity contribution in [3.05, 3.63) is 0 Å². The highest BCUT2D eigenvalue weighted by Gasteiger charge is 2.19. The van der Waals surface area contributed by atoms with Crippen LogP contribution in [-0.2, 0) is 0 Å². The fourth-order valence-electron chi connectivity index (χ4n) is 2.45. The number of unbranched alkanes of at least 4 members (excludes halogenated alkanes) is 5. The Kier molecular flexibility index (Phi) is 12.3. The van der Waals surface area contributed by atoms with Crippen LogP contribution in [0, 0.1) is 11.8 Å². The van der Waals surface area contributed by atoms with Gasteiger partial charge in [-0.3, -0.25) is 0 Å². The SMILES string of the molecule is CCCCCCCC(CCCC)C(CO)CO. The Balaban J connectivity index is 3.83. The fourth-order valence-corrected chi connectivity index (χ4v) is 2.45. The van der Waals surface area contributed by atoms with E-state index in [9.17, 15) is 10.2 Å². The average Bonchev–Trinajstić information content (AvgIpc) is 2.36. The lowest BCUT2D eigenvalue weighted by Gasteiger charge is -2.24. The van der Waals surface area contributed by atoms with Crippen molar-refractivity contribution < 1.29 is 10.2 Å². The summed E-state index contributed by atoms with van der Waals surface area (Å²) in [5.41, 5.74) is 0. The zero-order valence-electron chi connectivity index (χ0n) is 11.8. The summed E-state index contributed by atoms with van der Waals surface area (Å²) in [7, 11) is 0. The zero-order chi connectivity index (χ0) is 12.9. The van der Waals surface area contributed by atoms with E-state index in [1.807, 2.05) is 0 Å². The van der Waals surface area contributed by atoms with Gasteiger partial charge in [0.25, 0.3) is 0 Å². The van der Waals surface area contributed by atoms with Gasteiger partial charge >= 0.3 is 0 Å². The standard InChI is InChI=1S/C15H32O2/c1-3-5-7-8-9-11-14(10-6-4-2)15(12-16)13-17/h14-17H,3-13H2,1-2H3. The molecule has 2 heteroatoms. The molecule has 2 nitrogen and oxygen atoms in total. The van der Waals surface area contributed by atoms with Crippen LogP contribution in [0.15, 0.2) is 0 Å². The molecule has 0 saturated heterocycles. The van der Waals surface area contributed by atoms with Crippen LogP contribution in [0.5, 0.6) is 0 Å². The van der Waals surface area contributed by atoms with Gasteiger partial charge in [0.15, 0.2) is 0 Å². The molecule has 1 unspecified atom stereocenters. The number of aliphatic hydroxyl groups is 2. The van der Waals surface area contributed by atoms with E-state index < -0.39 is 0 Å². The lowest BCUT2D eigenvalue weighted by atomic mass is 9.84. The van der Waals surface area contributed by atoms with E-state index in [2.05, 4.69) is 13.8 Å². The fraction of sp³-hybridized carbons (Fsp3) is 1.00. The molecule has 17 heavy (non-hydrogen) atoms. The molecule has 0 aromatic heterocycles. The van der Waals surface area contributed by atoms with Crippen LogP contribution in [0.25, 0.3) is 0 Å². The lowest BCUT2D eigenvalue weighted by Crippen LogP contribution is -2.22. The van der Waals surface area contributed by atoms with Gasteiger partial charge < -0.3 is 10.2 Å². The third-order valence-corrected chi connectivity index (χ3v) is 3.74. The molecule has 0 aliphatic carbocycles. The Bertz CT molecular complexity index is 144. The first-order valence-corrected chi connectivity index (χ1v) is 7.51. The van der Waals surface area contributed by atoms with Crippen molar-refractivity contribution >= 4 is 0 Å². The van der Waals surface area contributed by atoms with E-state index in [1.54, 1.807) is 0 Å². The molecule has 0 fully saturated rings. The van der Waals surface area contributed by atoms with Gasteiger partial charge in [-0.15, -0.1) is 0 Å². The number of hydrogen-bond donors (Lipinski definition) is 2. The zero-order valence-corrected chi connectivity index (χ0v) is 11.8. The largest absolute Gasteiger partial charge is 0.396 e. The third-order valence-electron chi connectivity index (χ3n) is 3.74. The quantitative estimate of drug-likeness (QED) is 0.513. The normalized spacial score (nSPS) is 13.2. The van der Waals surface area contributed by atoms with Crippen molar-refractivity contribution in [3.63, 3.8) is 0 Å². The van der Waals surface area contributed by atoms with E-state index >= 15 is 0 Å². The number of rotatable bonds is 12. The van der Waals surface area contributed by atoms with E-state index in [4.69, 9.17) is 0 Å². The number of hydrogen-bond acceptors (Lipinski definition) is 2. The summed E-state index contributed by atoms with van der Waals surface area (Å²) in [5.74, 6) is 0.624. The summed E-state index contributed by atoms with van der Waals surface area (Å²) in [6.07, 6.45) is 11.3. The topological polar surface area (TPSA) is 40.5 Å². The molecule has 1 atom stereocenters. The van der Waals surface area contributed by atoms with Crippen LogP contribution >= 0.6 is 0 Å². The van der Waals surface area contributed by atoms with Crippen molar-refractivity contribution in [1.82, 2.24) is 0 Å². The maximum Gasteiger partial charge on any atom is 0.0483 e. The summed E-state index contributed by atoms with van der Waals surface area (Å²) in [6.45, 7) is 4.71. The van der Waals surface area contributed by atoms with Crippen molar-refractivity contribution in [2.45, 2.75) is 71.6 Å². The van der Waals surface area contributed by atoms with Gasteiger partial charge in [-0.1, -0.05) is 71.6 Å². The minimum Gasteiger partial charge on any atom is -0.396 e. The van der Waals surface area contributed by atoms with Gasteiger partial charge in [-0.05, 0) is 5.92 Å². The van der Waals surface area contributed by atoms with E-state index in [0.29, 0.717) is 5.92 Å². The summed E-state index contributed by atoms with van der Waals surface area (Å²) in [4.78, 5) is 0. The second kappa shape index (κ2) is 12.4. The first-order valence-electron chi connectivity index (χ1n) is 7.51. The molecular formula is C15H32O2. The minimum atomic E-state index is 0.104. The van der Waals surface area contributed by atoms with Crippen molar-refractivity contribution in [2.75, 3.05) is 13.2 Å². The molecule has 2 N–H and O–H groups in total. The Morgan fingerprint density at radius 2 is 1.18 bits per heavy atom. The number of aliphatic hydroxyl groups excluding tert-OH is 2. The van der Waals surface area contributed by atoms with Crippen LogP contribution < -0.4 is 0 Å². The summed E-state index contributed by atoms with van der Waals surface area (Å²) in [6, 6.07) is 0. The molecule has 0 bridgehead atoms. The third kappa shape index (κ3) is 8.62. The Morgan fingerprint density at radius 3 is 1.71 bits per heavy atom. The van der Waals surface area contributed by atoms with Crippen molar-refractivity contribution in [3.8, 4) is 0 Å². The molecule has 0 amide bonds. The molecule has 0 aliphatic rings. The van der Waals surface area contributed by atoms with E-state index in [-0.39, 0.29) is 19.1 Å². The predicted molar refractivity (Wildman–Crippen MR) is 74.1 cm³/mol. The van der Waals surface area contributed by atoms with Gasteiger partial charge in [0.1, 0.15) is 0 Å². The summed E-state index contributed by atoms with van der Waals surface area (Å²) < 4.78 is 0. The highest BCUT2D eigenvalue weighted by Crippen LogP contribution is 2.25. The smallest absolute Gasteiger partial charge is 0.0483 e. The predicted octanol–water partition coefficient (Wildman–Crippen LogP) is 3.75. The van der Waals surface area contributed by atoms with Crippen LogP contribution in [0.3, 0.4) is 0 Å². The molecular weight excluding hydrogens is 212 g/mol. The van der Waals surface area contributed by atoms with Crippen LogP contribution in [-0.4, -0.2) is 23.4 Å². The van der Waals surface area contributed by atoms with Gasteiger partial charge in [0.2, 0.25) is 0 Å². The molecule has 0 saturated carbocycles. The molecule has 0 aromatic carbocycles. The lowest BCUT2D eigenvalue weighted by molar-refractivity contribution is 0.0956. The van der Waals surface area contributed by atoms with Gasteiger partial charge in [0, 0.05) is 19.1 Å². The molecule has 0 aromatic rings. The minimum absolute atomic E-state index is 0.104. The molecule has 0 rings (SSSR count). The summed E-state index contributed by atoms with van der Waals surface area (Å²) in [5, 5.41) is 18.6. The van der Waals surface area contributed by atoms with Gasteiger partial charge in [-0.25, -0.2) is 0 Å². The average molecular weight is 244 g/mol. The first-order chi connectivity index (χ1) is 8.29. The van der Waals surface area contributed by atoms with Crippen molar-refractivity contribution in [2.24, 2.45) is 11.8 Å². The maximum absolute atomic E-state index is 9.28. The second-order valence-corrected chi connectivity index (χ2v) is 5.23. The molecule has 0 aliphatic heterocycles. The Labute approximate surface area is 107 Å². The van der Waals surface area contributed by atoms with Gasteiger partial charge in [0.05, 0.1) is 0 Å². The van der Waals surface area contributed by atoms with E-state index in [0.717, 1.165) is 6.42 Å². The molecule has 0 spiro atoms. The Hall–Kier alpha value is -0.0800. The van der Waals surface area contributed by atoms with E-state index in [1.165, 1.54) is 51.4 Å². The highest BCUT2D eigenvalue weighted by atomic mass is 16.3.